The van der Waals surface area contributed by atoms with Gasteiger partial charge in [0.05, 0.1) is 0 Å². The van der Waals surface area contributed by atoms with E-state index in [0.29, 0.717) is 0 Å². The average Bonchev–Trinajstić information content (AvgIpc) is 2.47. The van der Waals surface area contributed by atoms with Crippen molar-refractivity contribution < 1.29 is 1.43 Å². The predicted octanol–water partition coefficient (Wildman–Crippen LogP) is 6.36. The lowest BCUT2D eigenvalue weighted by Crippen LogP contribution is -2.13. The fourth-order valence-corrected chi connectivity index (χ4v) is 2.98. The largest absolute Gasteiger partial charge is 0.138 e. The number of rotatable bonds is 4. The highest BCUT2D eigenvalue weighted by atomic mass is 31.0. The first-order valence-corrected chi connectivity index (χ1v) is 8.90. The van der Waals surface area contributed by atoms with E-state index < -0.39 is 0 Å². The zero-order valence-corrected chi connectivity index (χ0v) is 14.4. The fourth-order valence-electron chi connectivity index (χ4n) is 2.98. The highest BCUT2D eigenvalue weighted by Crippen LogP contribution is 2.37. The Kier molecular flexibility index (Phi) is 8.86. The highest BCUT2D eigenvalue weighted by Gasteiger charge is 2.21. The van der Waals surface area contributed by atoms with Crippen LogP contribution in [0.1, 0.15) is 63.9 Å². The summed E-state index contributed by atoms with van der Waals surface area (Å²) in [5.41, 5.74) is 2.92. The monoisotopic (exact) mass is 292 g/mol. The van der Waals surface area contributed by atoms with Crippen LogP contribution >= 0.6 is 9.24 Å². The molecule has 20 heavy (non-hydrogen) atoms. The fraction of sp³-hybridized carbons (Fsp3) is 0.579. The van der Waals surface area contributed by atoms with E-state index in [1.54, 1.807) is 5.56 Å². The Morgan fingerprint density at radius 1 is 1.20 bits per heavy atom. The molecule has 0 heterocycles. The molecule has 1 atom stereocenters. The molecule has 1 saturated carbocycles. The first-order valence-electron chi connectivity index (χ1n) is 8.08. The molecule has 0 aliphatic heterocycles. The molecule has 0 N–H and O–H groups in total. The van der Waals surface area contributed by atoms with Crippen LogP contribution < -0.4 is 0 Å². The molecule has 0 aromatic heterocycles. The number of benzene rings is 1. The quantitative estimate of drug-likeness (QED) is 0.447. The maximum absolute atomic E-state index is 3.82. The average molecular weight is 292 g/mol. The lowest BCUT2D eigenvalue weighted by atomic mass is 9.77. The molecule has 1 aromatic carbocycles. The van der Waals surface area contributed by atoms with Crippen molar-refractivity contribution in [3.63, 3.8) is 0 Å². The van der Waals surface area contributed by atoms with Crippen LogP contribution in [-0.4, -0.2) is 6.16 Å². The molecule has 1 aliphatic rings. The summed E-state index contributed by atoms with van der Waals surface area (Å²) in [4.78, 5) is 0. The van der Waals surface area contributed by atoms with Gasteiger partial charge in [-0.3, -0.25) is 0 Å². The maximum Gasteiger partial charge on any atom is 0 e. The molecule has 0 saturated heterocycles. The van der Waals surface area contributed by atoms with Crippen LogP contribution in [0.3, 0.4) is 0 Å². The van der Waals surface area contributed by atoms with Gasteiger partial charge in [-0.2, -0.15) is 0 Å². The van der Waals surface area contributed by atoms with E-state index in [-0.39, 0.29) is 1.43 Å². The van der Waals surface area contributed by atoms with E-state index >= 15 is 0 Å². The molecule has 1 unspecified atom stereocenters. The van der Waals surface area contributed by atoms with E-state index in [1.165, 1.54) is 50.3 Å². The molecule has 1 heteroatoms. The molecule has 1 aromatic rings. The molecule has 2 rings (SSSR count). The lowest BCUT2D eigenvalue weighted by Gasteiger charge is -2.28. The van der Waals surface area contributed by atoms with Crippen LogP contribution in [0.15, 0.2) is 36.9 Å². The molecule has 0 bridgehead atoms. The van der Waals surface area contributed by atoms with Crippen molar-refractivity contribution in [2.75, 3.05) is 6.16 Å². The topological polar surface area (TPSA) is 0 Å². The van der Waals surface area contributed by atoms with Gasteiger partial charge in [0.15, 0.2) is 0 Å². The van der Waals surface area contributed by atoms with E-state index in [2.05, 4.69) is 60.0 Å². The Balaban J connectivity index is 0.000000922. The summed E-state index contributed by atoms with van der Waals surface area (Å²) in [6.07, 6.45) is 11.4. The normalized spacial score (nSPS) is 21.8. The summed E-state index contributed by atoms with van der Waals surface area (Å²) >= 11 is 0. The molecular weight excluding hydrogens is 259 g/mol. The molecule has 114 valence electrons. The van der Waals surface area contributed by atoms with Crippen molar-refractivity contribution in [3.8, 4) is 0 Å². The van der Waals surface area contributed by atoms with Crippen LogP contribution in [0, 0.1) is 12.8 Å². The lowest BCUT2D eigenvalue weighted by molar-refractivity contribution is 0.312. The number of allylic oxidation sites excluding steroid dienone is 1. The molecule has 1 aliphatic carbocycles. The van der Waals surface area contributed by atoms with Gasteiger partial charge in [0.1, 0.15) is 0 Å². The zero-order valence-electron chi connectivity index (χ0n) is 13.3. The second-order valence-corrected chi connectivity index (χ2v) is 6.72. The van der Waals surface area contributed by atoms with Crippen molar-refractivity contribution in [3.05, 3.63) is 48.0 Å². The molecule has 0 nitrogen and oxygen atoms in total. The maximum atomic E-state index is 3.82. The van der Waals surface area contributed by atoms with E-state index in [0.717, 1.165) is 11.8 Å². The van der Waals surface area contributed by atoms with Crippen LogP contribution in [0.5, 0.6) is 0 Å². The number of hydrogen-bond acceptors (Lipinski definition) is 0. The molecular formula is C19H33P. The second-order valence-electron chi connectivity index (χ2n) is 5.90. The molecule has 0 spiro atoms. The summed E-state index contributed by atoms with van der Waals surface area (Å²) in [5.74, 6) is 1.77. The smallest absolute Gasteiger partial charge is 0 e. The van der Waals surface area contributed by atoms with Crippen LogP contribution in [0.2, 0.25) is 0 Å². The van der Waals surface area contributed by atoms with E-state index in [4.69, 9.17) is 0 Å². The van der Waals surface area contributed by atoms with Gasteiger partial charge in [-0.1, -0.05) is 42.8 Å². The van der Waals surface area contributed by atoms with Gasteiger partial charge in [0.2, 0.25) is 0 Å². The van der Waals surface area contributed by atoms with Gasteiger partial charge in [-0.05, 0) is 69.0 Å². The third-order valence-electron chi connectivity index (χ3n) is 4.17. The number of hydrogen-bond donors (Lipinski definition) is 0. The number of aryl methyl sites for hydroxylation is 1. The third-order valence-corrected chi connectivity index (χ3v) is 4.17. The predicted molar refractivity (Wildman–Crippen MR) is 97.7 cm³/mol. The Morgan fingerprint density at radius 3 is 2.25 bits per heavy atom. The van der Waals surface area contributed by atoms with Crippen LogP contribution in [0.4, 0.5) is 0 Å². The van der Waals surface area contributed by atoms with Crippen molar-refractivity contribution >= 4 is 9.24 Å². The molecule has 0 amide bonds. The van der Waals surface area contributed by atoms with Gasteiger partial charge in [0, 0.05) is 1.43 Å². The highest BCUT2D eigenvalue weighted by molar-refractivity contribution is 7.16. The minimum absolute atomic E-state index is 0. The van der Waals surface area contributed by atoms with Crippen molar-refractivity contribution in [2.24, 2.45) is 5.92 Å². The van der Waals surface area contributed by atoms with Gasteiger partial charge in [-0.15, -0.1) is 15.8 Å². The van der Waals surface area contributed by atoms with Crippen LogP contribution in [0.25, 0.3) is 0 Å². The van der Waals surface area contributed by atoms with Gasteiger partial charge < -0.3 is 0 Å². The second kappa shape index (κ2) is 10.2. The Morgan fingerprint density at radius 2 is 1.75 bits per heavy atom. The standard InChI is InChI=1S/C17H24.C2H7P.H2/c1-3-4-5-15-8-12-17(13-9-15)16-10-6-14(2)7-11-16;1-2-3;/h3,6-7,10-11,15,17H,1,4-5,8-9,12-13H2,2H3;2-3H2,1H3;1H. The first kappa shape index (κ1) is 17.4. The summed E-state index contributed by atoms with van der Waals surface area (Å²) in [5, 5.41) is 0. The van der Waals surface area contributed by atoms with E-state index in [9.17, 15) is 0 Å². The van der Waals surface area contributed by atoms with Crippen molar-refractivity contribution in [2.45, 2.75) is 58.3 Å². The van der Waals surface area contributed by atoms with Gasteiger partial charge in [0.25, 0.3) is 0 Å². The van der Waals surface area contributed by atoms with Crippen molar-refractivity contribution in [1.29, 1.82) is 0 Å². The van der Waals surface area contributed by atoms with Gasteiger partial charge in [-0.25, -0.2) is 0 Å². The Labute approximate surface area is 129 Å². The van der Waals surface area contributed by atoms with Crippen LogP contribution in [-0.2, 0) is 0 Å². The molecule has 0 radical (unpaired) electrons. The minimum atomic E-state index is 0. The summed E-state index contributed by atoms with van der Waals surface area (Å²) in [6.45, 7) is 8.07. The first-order chi connectivity index (χ1) is 9.71. The van der Waals surface area contributed by atoms with Crippen molar-refractivity contribution in [1.82, 2.24) is 0 Å². The van der Waals surface area contributed by atoms with Gasteiger partial charge >= 0.3 is 0 Å². The summed E-state index contributed by atoms with van der Waals surface area (Å²) in [6, 6.07) is 9.15. The summed E-state index contributed by atoms with van der Waals surface area (Å²) < 4.78 is 0. The SMILES string of the molecule is C=CCCC1CCC(c2ccc(C)cc2)CC1.CCP.[HH]. The minimum Gasteiger partial charge on any atom is -0.138 e. The Bertz CT molecular complexity index is 364. The zero-order chi connectivity index (χ0) is 14.8. The third kappa shape index (κ3) is 6.23. The summed E-state index contributed by atoms with van der Waals surface area (Å²) in [7, 11) is 2.58. The van der Waals surface area contributed by atoms with E-state index in [1.807, 2.05) is 0 Å². The Hall–Kier alpha value is -0.610. The molecule has 1 fully saturated rings.